The Morgan fingerprint density at radius 3 is 2.19 bits per heavy atom. The summed E-state index contributed by atoms with van der Waals surface area (Å²) >= 11 is 6.05. The predicted molar refractivity (Wildman–Crippen MR) is 119 cm³/mol. The Bertz CT molecular complexity index is 1170. The quantitative estimate of drug-likeness (QED) is 0.566. The van der Waals surface area contributed by atoms with Crippen LogP contribution in [0.3, 0.4) is 0 Å². The number of anilines is 1. The van der Waals surface area contributed by atoms with E-state index in [0.717, 1.165) is 12.8 Å². The Morgan fingerprint density at radius 2 is 1.65 bits per heavy atom. The molecule has 2 aromatic carbocycles. The van der Waals surface area contributed by atoms with Crippen LogP contribution in [0, 0.1) is 0 Å². The van der Waals surface area contributed by atoms with Crippen molar-refractivity contribution in [1.29, 1.82) is 0 Å². The molecule has 31 heavy (non-hydrogen) atoms. The number of carbonyl (C=O) groups excluding carboxylic acids is 1. The van der Waals surface area contributed by atoms with Crippen LogP contribution in [-0.4, -0.2) is 46.2 Å². The minimum atomic E-state index is -3.83. The summed E-state index contributed by atoms with van der Waals surface area (Å²) in [5.41, 5.74) is 0.486. The highest BCUT2D eigenvalue weighted by atomic mass is 35.5. The molecule has 0 atom stereocenters. The number of rotatable bonds is 9. The van der Waals surface area contributed by atoms with E-state index in [0.29, 0.717) is 18.8 Å². The van der Waals surface area contributed by atoms with Crippen molar-refractivity contribution in [3.8, 4) is 0 Å². The van der Waals surface area contributed by atoms with Crippen molar-refractivity contribution in [3.05, 3.63) is 53.1 Å². The van der Waals surface area contributed by atoms with Crippen molar-refractivity contribution in [2.24, 2.45) is 0 Å². The van der Waals surface area contributed by atoms with Gasteiger partial charge in [0.1, 0.15) is 4.90 Å². The molecule has 2 aromatic rings. The zero-order chi connectivity index (χ0) is 22.8. The van der Waals surface area contributed by atoms with Crippen LogP contribution in [0.4, 0.5) is 5.69 Å². The molecule has 1 saturated carbocycles. The Hall–Kier alpha value is -1.98. The number of hydrogen-bond acceptors (Lipinski definition) is 5. The molecule has 11 heteroatoms. The molecule has 1 fully saturated rings. The van der Waals surface area contributed by atoms with Gasteiger partial charge in [-0.2, -0.15) is 4.31 Å². The molecule has 1 aliphatic carbocycles. The Morgan fingerprint density at radius 1 is 1.03 bits per heavy atom. The van der Waals surface area contributed by atoms with E-state index in [4.69, 9.17) is 11.6 Å². The maximum Gasteiger partial charge on any atom is 0.255 e. The largest absolute Gasteiger partial charge is 0.322 e. The summed E-state index contributed by atoms with van der Waals surface area (Å²) in [6, 6.07) is 9.71. The van der Waals surface area contributed by atoms with Crippen LogP contribution in [0.15, 0.2) is 52.3 Å². The Labute approximate surface area is 187 Å². The number of sulfonamides is 2. The number of nitrogens with one attached hydrogen (secondary N) is 2. The molecule has 1 aliphatic rings. The van der Waals surface area contributed by atoms with Gasteiger partial charge in [-0.05, 0) is 55.3 Å². The van der Waals surface area contributed by atoms with Gasteiger partial charge in [-0.1, -0.05) is 25.4 Å². The first-order chi connectivity index (χ1) is 14.6. The summed E-state index contributed by atoms with van der Waals surface area (Å²) in [7, 11) is -7.42. The monoisotopic (exact) mass is 485 g/mol. The minimum Gasteiger partial charge on any atom is -0.322 e. The molecule has 0 aliphatic heterocycles. The van der Waals surface area contributed by atoms with Gasteiger partial charge < -0.3 is 5.32 Å². The first-order valence-corrected chi connectivity index (χ1v) is 13.1. The van der Waals surface area contributed by atoms with Gasteiger partial charge in [0, 0.05) is 30.4 Å². The van der Waals surface area contributed by atoms with E-state index in [2.05, 4.69) is 10.0 Å². The number of benzene rings is 2. The molecule has 0 radical (unpaired) electrons. The van der Waals surface area contributed by atoms with Gasteiger partial charge >= 0.3 is 0 Å². The third kappa shape index (κ3) is 5.45. The highest BCUT2D eigenvalue weighted by molar-refractivity contribution is 7.89. The van der Waals surface area contributed by atoms with Crippen LogP contribution in [-0.2, 0) is 20.0 Å². The third-order valence-corrected chi connectivity index (χ3v) is 8.90. The van der Waals surface area contributed by atoms with Crippen molar-refractivity contribution < 1.29 is 21.6 Å². The Kier molecular flexibility index (Phi) is 7.07. The first-order valence-electron chi connectivity index (χ1n) is 9.82. The lowest BCUT2D eigenvalue weighted by atomic mass is 10.2. The summed E-state index contributed by atoms with van der Waals surface area (Å²) in [6.45, 7) is 4.23. The highest BCUT2D eigenvalue weighted by Gasteiger charge is 2.29. The van der Waals surface area contributed by atoms with Crippen LogP contribution in [0.2, 0.25) is 5.02 Å². The van der Waals surface area contributed by atoms with E-state index in [9.17, 15) is 21.6 Å². The average Bonchev–Trinajstić information content (AvgIpc) is 3.52. The van der Waals surface area contributed by atoms with Crippen LogP contribution in [0.1, 0.15) is 37.0 Å². The van der Waals surface area contributed by atoms with E-state index >= 15 is 0 Å². The predicted octanol–water partition coefficient (Wildman–Crippen LogP) is 3.06. The van der Waals surface area contributed by atoms with Crippen molar-refractivity contribution >= 4 is 43.2 Å². The second kappa shape index (κ2) is 9.25. The van der Waals surface area contributed by atoms with Crippen LogP contribution >= 0.6 is 11.6 Å². The van der Waals surface area contributed by atoms with Gasteiger partial charge in [-0.25, -0.2) is 21.6 Å². The van der Waals surface area contributed by atoms with Crippen molar-refractivity contribution in [3.63, 3.8) is 0 Å². The number of amides is 1. The molecular weight excluding hydrogens is 462 g/mol. The van der Waals surface area contributed by atoms with E-state index in [1.807, 2.05) is 0 Å². The summed E-state index contributed by atoms with van der Waals surface area (Å²) in [6.07, 6.45) is 1.55. The molecule has 168 valence electrons. The summed E-state index contributed by atoms with van der Waals surface area (Å²) < 4.78 is 54.0. The van der Waals surface area contributed by atoms with E-state index in [-0.39, 0.29) is 26.4 Å². The lowest BCUT2D eigenvalue weighted by Gasteiger charge is -2.18. The molecule has 0 bridgehead atoms. The van der Waals surface area contributed by atoms with E-state index < -0.39 is 26.0 Å². The van der Waals surface area contributed by atoms with Gasteiger partial charge in [0.25, 0.3) is 5.91 Å². The number of nitrogens with zero attached hydrogens (tertiary/aromatic N) is 1. The minimum absolute atomic E-state index is 0.0238. The fourth-order valence-electron chi connectivity index (χ4n) is 2.96. The third-order valence-electron chi connectivity index (χ3n) is 4.84. The van der Waals surface area contributed by atoms with Crippen molar-refractivity contribution in [1.82, 2.24) is 9.03 Å². The fourth-order valence-corrected chi connectivity index (χ4v) is 6.25. The molecule has 0 heterocycles. The molecule has 8 nitrogen and oxygen atoms in total. The van der Waals surface area contributed by atoms with Crippen molar-refractivity contribution in [2.75, 3.05) is 18.4 Å². The molecule has 0 spiro atoms. The molecular formula is C20H24ClN3O5S2. The zero-order valence-electron chi connectivity index (χ0n) is 17.1. The zero-order valence-corrected chi connectivity index (χ0v) is 19.5. The van der Waals surface area contributed by atoms with Gasteiger partial charge in [-0.3, -0.25) is 4.79 Å². The lowest BCUT2D eigenvalue weighted by molar-refractivity contribution is 0.102. The van der Waals surface area contributed by atoms with Crippen LogP contribution < -0.4 is 10.0 Å². The van der Waals surface area contributed by atoms with Crippen LogP contribution in [0.5, 0.6) is 0 Å². The maximum atomic E-state index is 12.6. The highest BCUT2D eigenvalue weighted by Crippen LogP contribution is 2.27. The van der Waals surface area contributed by atoms with Crippen LogP contribution in [0.25, 0.3) is 0 Å². The molecule has 0 unspecified atom stereocenters. The second-order valence-corrected chi connectivity index (χ2v) is 11.1. The average molecular weight is 486 g/mol. The second-order valence-electron chi connectivity index (χ2n) is 7.11. The number of hydrogen-bond donors (Lipinski definition) is 2. The molecule has 3 rings (SSSR count). The van der Waals surface area contributed by atoms with Gasteiger partial charge in [0.2, 0.25) is 20.0 Å². The summed E-state index contributed by atoms with van der Waals surface area (Å²) in [5.74, 6) is -0.543. The molecule has 0 aromatic heterocycles. The SMILES string of the molecule is CCN(CC)S(=O)(=O)c1ccc(NC(=O)c2ccc(Cl)c(S(=O)(=O)NC3CC3)c2)cc1. The van der Waals surface area contributed by atoms with Crippen molar-refractivity contribution in [2.45, 2.75) is 42.5 Å². The normalized spacial score (nSPS) is 14.6. The summed E-state index contributed by atoms with van der Waals surface area (Å²) in [5, 5.41) is 2.66. The smallest absolute Gasteiger partial charge is 0.255 e. The number of halogens is 1. The maximum absolute atomic E-state index is 12.6. The fraction of sp³-hybridized carbons (Fsp3) is 0.350. The molecule has 1 amide bonds. The first kappa shape index (κ1) is 23.7. The van der Waals surface area contributed by atoms with Gasteiger partial charge in [-0.15, -0.1) is 0 Å². The molecule has 0 saturated heterocycles. The molecule has 2 N–H and O–H groups in total. The van der Waals surface area contributed by atoms with E-state index in [1.165, 1.54) is 46.8 Å². The Balaban J connectivity index is 1.78. The lowest BCUT2D eigenvalue weighted by Crippen LogP contribution is -2.30. The summed E-state index contributed by atoms with van der Waals surface area (Å²) in [4.78, 5) is 12.6. The van der Waals surface area contributed by atoms with Gasteiger partial charge in [0.05, 0.1) is 9.92 Å². The topological polar surface area (TPSA) is 113 Å². The van der Waals surface area contributed by atoms with E-state index in [1.54, 1.807) is 13.8 Å². The standard InChI is InChI=1S/C20H24ClN3O5S2/c1-3-24(4-2)31(28,29)17-10-8-15(9-11-17)22-20(25)14-5-12-18(21)19(13-14)30(26,27)23-16-6-7-16/h5,8-13,16,23H,3-4,6-7H2,1-2H3,(H,22,25). The number of carbonyl (C=O) groups is 1. The van der Waals surface area contributed by atoms with Gasteiger partial charge in [0.15, 0.2) is 0 Å².